The average molecular weight is 304 g/mol. The number of pyridine rings is 1. The highest BCUT2D eigenvalue weighted by Crippen LogP contribution is 2.11. The molecule has 8 nitrogen and oxygen atoms in total. The van der Waals surface area contributed by atoms with Crippen molar-refractivity contribution in [1.82, 2.24) is 4.98 Å². The lowest BCUT2D eigenvalue weighted by Gasteiger charge is -2.00. The van der Waals surface area contributed by atoms with Crippen LogP contribution in [0.25, 0.3) is 0 Å². The number of carboxylic acids is 3. The Kier molecular flexibility index (Phi) is 5.58. The lowest BCUT2D eigenvalue weighted by atomic mass is 10.1. The number of hydrogen-bond acceptors (Lipinski definition) is 5. The number of carbonyl (C=O) groups is 3. The van der Waals surface area contributed by atoms with E-state index < -0.39 is 17.9 Å². The molecule has 0 aliphatic carbocycles. The van der Waals surface area contributed by atoms with E-state index in [-0.39, 0.29) is 16.7 Å². The molecule has 1 aromatic carbocycles. The summed E-state index contributed by atoms with van der Waals surface area (Å²) >= 11 is 0. The van der Waals surface area contributed by atoms with Gasteiger partial charge in [-0.1, -0.05) is 6.07 Å². The molecule has 1 heterocycles. The monoisotopic (exact) mass is 304 g/mol. The number of anilines is 1. The van der Waals surface area contributed by atoms with Crippen molar-refractivity contribution in [3.63, 3.8) is 0 Å². The van der Waals surface area contributed by atoms with Crippen molar-refractivity contribution in [3.8, 4) is 0 Å². The van der Waals surface area contributed by atoms with Crippen molar-refractivity contribution in [3.05, 3.63) is 59.3 Å². The highest BCUT2D eigenvalue weighted by molar-refractivity contribution is 5.98. The van der Waals surface area contributed by atoms with Gasteiger partial charge in [0.25, 0.3) is 0 Å². The number of benzene rings is 1. The average Bonchev–Trinajstić information content (AvgIpc) is 2.48. The maximum Gasteiger partial charge on any atom is 0.335 e. The van der Waals surface area contributed by atoms with Gasteiger partial charge >= 0.3 is 17.9 Å². The Morgan fingerprint density at radius 2 is 1.23 bits per heavy atom. The third-order valence-corrected chi connectivity index (χ3v) is 2.36. The van der Waals surface area contributed by atoms with Gasteiger partial charge < -0.3 is 21.1 Å². The molecule has 2 aromatic rings. The van der Waals surface area contributed by atoms with E-state index in [2.05, 4.69) is 4.98 Å². The predicted molar refractivity (Wildman–Crippen MR) is 76.0 cm³/mol. The van der Waals surface area contributed by atoms with Crippen LogP contribution in [0, 0.1) is 0 Å². The minimum absolute atomic E-state index is 0.368. The first kappa shape index (κ1) is 16.6. The summed E-state index contributed by atoms with van der Waals surface area (Å²) in [7, 11) is 0. The fourth-order valence-corrected chi connectivity index (χ4v) is 1.37. The van der Waals surface area contributed by atoms with E-state index in [9.17, 15) is 14.4 Å². The van der Waals surface area contributed by atoms with Crippen molar-refractivity contribution in [1.29, 1.82) is 0 Å². The number of rotatable bonds is 3. The van der Waals surface area contributed by atoms with Crippen LogP contribution >= 0.6 is 0 Å². The van der Waals surface area contributed by atoms with E-state index in [1.165, 1.54) is 0 Å². The molecule has 0 saturated heterocycles. The Balaban J connectivity index is 0.000000287. The molecule has 0 bridgehead atoms. The van der Waals surface area contributed by atoms with Crippen LogP contribution in [0.2, 0.25) is 0 Å². The molecule has 2 rings (SSSR count). The van der Waals surface area contributed by atoms with Crippen molar-refractivity contribution in [2.75, 3.05) is 5.73 Å². The van der Waals surface area contributed by atoms with Crippen LogP contribution in [0.3, 0.4) is 0 Å². The van der Waals surface area contributed by atoms with E-state index in [1.54, 1.807) is 12.3 Å². The van der Waals surface area contributed by atoms with Gasteiger partial charge in [-0.05, 0) is 30.3 Å². The van der Waals surface area contributed by atoms with Gasteiger partial charge in [0, 0.05) is 6.20 Å². The third kappa shape index (κ3) is 4.93. The van der Waals surface area contributed by atoms with Crippen LogP contribution in [-0.4, -0.2) is 38.2 Å². The minimum Gasteiger partial charge on any atom is -0.478 e. The Hall–Kier alpha value is -3.42. The van der Waals surface area contributed by atoms with E-state index >= 15 is 0 Å². The first-order valence-corrected chi connectivity index (χ1v) is 5.82. The summed E-state index contributed by atoms with van der Waals surface area (Å²) in [5, 5.41) is 25.8. The molecule has 0 radical (unpaired) electrons. The summed E-state index contributed by atoms with van der Waals surface area (Å²) in [6, 6.07) is 8.13. The van der Waals surface area contributed by atoms with Crippen molar-refractivity contribution in [2.24, 2.45) is 0 Å². The normalized spacial score (nSPS) is 9.27. The lowest BCUT2D eigenvalue weighted by molar-refractivity contribution is 0.0696. The highest BCUT2D eigenvalue weighted by atomic mass is 16.4. The van der Waals surface area contributed by atoms with Crippen LogP contribution in [0.5, 0.6) is 0 Å². The Morgan fingerprint density at radius 1 is 0.818 bits per heavy atom. The first-order chi connectivity index (χ1) is 10.3. The molecule has 0 fully saturated rings. The number of nitrogens with zero attached hydrogens (tertiary/aromatic N) is 1. The van der Waals surface area contributed by atoms with E-state index in [1.807, 2.05) is 12.1 Å². The third-order valence-electron chi connectivity index (χ3n) is 2.36. The van der Waals surface area contributed by atoms with Crippen molar-refractivity contribution < 1.29 is 29.7 Å². The standard InChI is InChI=1S/C9H6O6.C5H6N2/c10-7(11)4-1-5(8(12)13)3-6(2-4)9(14)15;6-5-3-1-2-4-7-5/h1-3H,(H,10,11)(H,12,13)(H,14,15);1-4H,(H2,6,7). The van der Waals surface area contributed by atoms with E-state index in [0.29, 0.717) is 5.82 Å². The molecule has 114 valence electrons. The molecule has 0 spiro atoms. The molecule has 5 N–H and O–H groups in total. The minimum atomic E-state index is -1.37. The van der Waals surface area contributed by atoms with Crippen LogP contribution < -0.4 is 5.73 Å². The summed E-state index contributed by atoms with van der Waals surface area (Å²) < 4.78 is 0. The smallest absolute Gasteiger partial charge is 0.335 e. The zero-order valence-electron chi connectivity index (χ0n) is 11.1. The number of carboxylic acid groups (broad SMARTS) is 3. The van der Waals surface area contributed by atoms with Crippen molar-refractivity contribution in [2.45, 2.75) is 0 Å². The Bertz CT molecular complexity index is 621. The summed E-state index contributed by atoms with van der Waals surface area (Å²) in [5.74, 6) is -3.55. The van der Waals surface area contributed by atoms with Crippen LogP contribution in [0.15, 0.2) is 42.6 Å². The second-order valence-electron chi connectivity index (χ2n) is 3.97. The topological polar surface area (TPSA) is 151 Å². The Morgan fingerprint density at radius 3 is 1.41 bits per heavy atom. The van der Waals surface area contributed by atoms with E-state index in [0.717, 1.165) is 18.2 Å². The fraction of sp³-hybridized carbons (Fsp3) is 0. The maximum absolute atomic E-state index is 10.6. The molecule has 0 unspecified atom stereocenters. The van der Waals surface area contributed by atoms with Crippen LogP contribution in [0.1, 0.15) is 31.1 Å². The highest BCUT2D eigenvalue weighted by Gasteiger charge is 2.14. The fourth-order valence-electron chi connectivity index (χ4n) is 1.37. The molecule has 0 atom stereocenters. The zero-order valence-corrected chi connectivity index (χ0v) is 11.1. The second kappa shape index (κ2) is 7.39. The zero-order chi connectivity index (χ0) is 16.7. The summed E-state index contributed by atoms with van der Waals surface area (Å²) in [4.78, 5) is 35.5. The number of aromatic carboxylic acids is 3. The quantitative estimate of drug-likeness (QED) is 0.665. The summed E-state index contributed by atoms with van der Waals surface area (Å²) in [6.07, 6.45) is 1.66. The van der Waals surface area contributed by atoms with Crippen LogP contribution in [0.4, 0.5) is 5.82 Å². The van der Waals surface area contributed by atoms with Gasteiger partial charge in [0.2, 0.25) is 0 Å². The maximum atomic E-state index is 10.6. The van der Waals surface area contributed by atoms with Gasteiger partial charge in [0.05, 0.1) is 16.7 Å². The SMILES string of the molecule is Nc1ccccn1.O=C(O)c1cc(C(=O)O)cc(C(=O)O)c1. The molecule has 0 saturated carbocycles. The Labute approximate surface area is 124 Å². The molecule has 0 amide bonds. The largest absolute Gasteiger partial charge is 0.478 e. The number of aromatic nitrogens is 1. The number of nitrogens with two attached hydrogens (primary N) is 1. The van der Waals surface area contributed by atoms with Gasteiger partial charge in [0.1, 0.15) is 5.82 Å². The molecule has 22 heavy (non-hydrogen) atoms. The molecule has 8 heteroatoms. The van der Waals surface area contributed by atoms with Crippen molar-refractivity contribution >= 4 is 23.7 Å². The number of hydrogen-bond donors (Lipinski definition) is 4. The lowest BCUT2D eigenvalue weighted by Crippen LogP contribution is -2.07. The molecular weight excluding hydrogens is 292 g/mol. The van der Waals surface area contributed by atoms with Gasteiger partial charge in [-0.2, -0.15) is 0 Å². The van der Waals surface area contributed by atoms with Gasteiger partial charge in [0.15, 0.2) is 0 Å². The van der Waals surface area contributed by atoms with Crippen LogP contribution in [-0.2, 0) is 0 Å². The second-order valence-corrected chi connectivity index (χ2v) is 3.97. The van der Waals surface area contributed by atoms with Gasteiger partial charge in [-0.15, -0.1) is 0 Å². The van der Waals surface area contributed by atoms with E-state index in [4.69, 9.17) is 21.1 Å². The molecule has 0 aliphatic heterocycles. The number of nitrogen functional groups attached to an aromatic ring is 1. The predicted octanol–water partition coefficient (Wildman–Crippen LogP) is 1.45. The molecular formula is C14H12N2O6. The summed E-state index contributed by atoms with van der Waals surface area (Å²) in [6.45, 7) is 0. The molecule has 1 aromatic heterocycles. The van der Waals surface area contributed by atoms with Gasteiger partial charge in [-0.25, -0.2) is 19.4 Å². The van der Waals surface area contributed by atoms with Gasteiger partial charge in [-0.3, -0.25) is 0 Å². The molecule has 0 aliphatic rings. The first-order valence-electron chi connectivity index (χ1n) is 5.82. The summed E-state index contributed by atoms with van der Waals surface area (Å²) in [5.41, 5.74) is 4.14.